The molecule has 0 aromatic carbocycles. The van der Waals surface area contributed by atoms with Gasteiger partial charge in [-0.15, -0.1) is 0 Å². The standard InChI is InChI=1S/C10H18BrNO2/c1-14-8-9-3-2-6-12(7-9)10(13)4-5-11/h9H,2-8H2,1H3. The fraction of sp³-hybridized carbons (Fsp3) is 0.900. The second kappa shape index (κ2) is 6.40. The first kappa shape index (κ1) is 12.0. The Hall–Kier alpha value is -0.0900. The van der Waals surface area contributed by atoms with Gasteiger partial charge in [-0.1, -0.05) is 15.9 Å². The number of nitrogens with zero attached hydrogens (tertiary/aromatic N) is 1. The summed E-state index contributed by atoms with van der Waals surface area (Å²) in [7, 11) is 1.72. The minimum atomic E-state index is 0.266. The summed E-state index contributed by atoms with van der Waals surface area (Å²) in [4.78, 5) is 13.6. The normalized spacial score (nSPS) is 22.4. The van der Waals surface area contributed by atoms with Crippen LogP contribution in [0.3, 0.4) is 0 Å². The summed E-state index contributed by atoms with van der Waals surface area (Å²) < 4.78 is 5.12. The molecule has 1 aliphatic rings. The van der Waals surface area contributed by atoms with Crippen LogP contribution in [-0.2, 0) is 9.53 Å². The zero-order valence-corrected chi connectivity index (χ0v) is 10.3. The topological polar surface area (TPSA) is 29.5 Å². The van der Waals surface area contributed by atoms with Crippen molar-refractivity contribution in [1.82, 2.24) is 4.90 Å². The maximum Gasteiger partial charge on any atom is 0.223 e. The highest BCUT2D eigenvalue weighted by molar-refractivity contribution is 9.09. The number of amides is 1. The zero-order valence-electron chi connectivity index (χ0n) is 8.67. The van der Waals surface area contributed by atoms with Gasteiger partial charge in [-0.05, 0) is 18.8 Å². The number of carbonyl (C=O) groups is 1. The molecule has 1 amide bonds. The van der Waals surface area contributed by atoms with Gasteiger partial charge >= 0.3 is 0 Å². The molecule has 1 aliphatic heterocycles. The average molecular weight is 264 g/mol. The predicted molar refractivity (Wildman–Crippen MR) is 59.6 cm³/mol. The minimum Gasteiger partial charge on any atom is -0.384 e. The van der Waals surface area contributed by atoms with Gasteiger partial charge < -0.3 is 9.64 Å². The molecule has 14 heavy (non-hydrogen) atoms. The van der Waals surface area contributed by atoms with Gasteiger partial charge in [-0.3, -0.25) is 4.79 Å². The largest absolute Gasteiger partial charge is 0.384 e. The van der Waals surface area contributed by atoms with Crippen LogP contribution in [0.4, 0.5) is 0 Å². The third kappa shape index (κ3) is 3.58. The Balaban J connectivity index is 2.35. The minimum absolute atomic E-state index is 0.266. The van der Waals surface area contributed by atoms with Crippen LogP contribution < -0.4 is 0 Å². The fourth-order valence-corrected chi connectivity index (χ4v) is 2.24. The summed E-state index contributed by atoms with van der Waals surface area (Å²) in [6.45, 7) is 2.57. The molecule has 4 heteroatoms. The molecule has 1 saturated heterocycles. The van der Waals surface area contributed by atoms with E-state index in [0.29, 0.717) is 12.3 Å². The fourth-order valence-electron chi connectivity index (χ4n) is 1.90. The number of methoxy groups -OCH3 is 1. The molecule has 82 valence electrons. The lowest BCUT2D eigenvalue weighted by Crippen LogP contribution is -2.41. The number of alkyl halides is 1. The van der Waals surface area contributed by atoms with Crippen LogP contribution in [0.2, 0.25) is 0 Å². The maximum absolute atomic E-state index is 11.6. The molecule has 0 aliphatic carbocycles. The van der Waals surface area contributed by atoms with E-state index in [9.17, 15) is 4.79 Å². The van der Waals surface area contributed by atoms with Gasteiger partial charge in [0.05, 0.1) is 6.61 Å². The Labute approximate surface area is 93.9 Å². The monoisotopic (exact) mass is 263 g/mol. The summed E-state index contributed by atoms with van der Waals surface area (Å²) in [6, 6.07) is 0. The molecule has 1 unspecified atom stereocenters. The van der Waals surface area contributed by atoms with Crippen molar-refractivity contribution in [3.8, 4) is 0 Å². The van der Waals surface area contributed by atoms with Gasteiger partial charge in [0.1, 0.15) is 0 Å². The number of piperidine rings is 1. The number of hydrogen-bond acceptors (Lipinski definition) is 2. The molecule has 1 rings (SSSR count). The number of rotatable bonds is 4. The molecule has 0 radical (unpaired) electrons. The van der Waals surface area contributed by atoms with E-state index in [1.165, 1.54) is 6.42 Å². The first-order valence-corrected chi connectivity index (χ1v) is 6.22. The molecule has 0 spiro atoms. The molecule has 1 atom stereocenters. The highest BCUT2D eigenvalue weighted by Crippen LogP contribution is 2.17. The predicted octanol–water partition coefficient (Wildman–Crippen LogP) is 1.66. The van der Waals surface area contributed by atoms with Gasteiger partial charge in [0.2, 0.25) is 5.91 Å². The molecule has 1 heterocycles. The van der Waals surface area contributed by atoms with Crippen molar-refractivity contribution >= 4 is 21.8 Å². The van der Waals surface area contributed by atoms with Gasteiger partial charge in [-0.25, -0.2) is 0 Å². The Bertz CT molecular complexity index is 185. The zero-order chi connectivity index (χ0) is 10.4. The van der Waals surface area contributed by atoms with Crippen molar-refractivity contribution in [3.63, 3.8) is 0 Å². The van der Waals surface area contributed by atoms with E-state index in [2.05, 4.69) is 15.9 Å². The van der Waals surface area contributed by atoms with Crippen LogP contribution in [0.1, 0.15) is 19.3 Å². The number of likely N-dealkylation sites (tertiary alicyclic amines) is 1. The van der Waals surface area contributed by atoms with Crippen molar-refractivity contribution in [3.05, 3.63) is 0 Å². The van der Waals surface area contributed by atoms with Gasteiger partial charge in [0, 0.05) is 32.0 Å². The molecule has 0 saturated carbocycles. The van der Waals surface area contributed by atoms with Crippen LogP contribution in [0, 0.1) is 5.92 Å². The van der Waals surface area contributed by atoms with E-state index in [0.717, 1.165) is 31.4 Å². The quantitative estimate of drug-likeness (QED) is 0.723. The Morgan fingerprint density at radius 1 is 1.64 bits per heavy atom. The van der Waals surface area contributed by atoms with Gasteiger partial charge in [-0.2, -0.15) is 0 Å². The smallest absolute Gasteiger partial charge is 0.223 e. The summed E-state index contributed by atoms with van der Waals surface area (Å²) in [5.41, 5.74) is 0. The van der Waals surface area contributed by atoms with E-state index in [-0.39, 0.29) is 5.91 Å². The molecule has 0 bridgehead atoms. The summed E-state index contributed by atoms with van der Waals surface area (Å²) >= 11 is 3.29. The van der Waals surface area contributed by atoms with Crippen LogP contribution in [0.15, 0.2) is 0 Å². The molecular weight excluding hydrogens is 246 g/mol. The maximum atomic E-state index is 11.6. The van der Waals surface area contributed by atoms with E-state index < -0.39 is 0 Å². The number of ether oxygens (including phenoxy) is 1. The number of carbonyl (C=O) groups excluding carboxylic acids is 1. The van der Waals surface area contributed by atoms with E-state index in [4.69, 9.17) is 4.74 Å². The van der Waals surface area contributed by atoms with E-state index in [1.807, 2.05) is 4.90 Å². The third-order valence-corrected chi connectivity index (χ3v) is 2.98. The number of hydrogen-bond donors (Lipinski definition) is 0. The van der Waals surface area contributed by atoms with E-state index >= 15 is 0 Å². The average Bonchev–Trinajstić information content (AvgIpc) is 2.19. The van der Waals surface area contributed by atoms with Crippen molar-refractivity contribution in [2.45, 2.75) is 19.3 Å². The molecular formula is C10H18BrNO2. The van der Waals surface area contributed by atoms with Crippen molar-refractivity contribution in [1.29, 1.82) is 0 Å². The van der Waals surface area contributed by atoms with Crippen molar-refractivity contribution in [2.75, 3.05) is 32.1 Å². The second-order valence-corrected chi connectivity index (χ2v) is 4.54. The van der Waals surface area contributed by atoms with E-state index in [1.54, 1.807) is 7.11 Å². The van der Waals surface area contributed by atoms with Gasteiger partial charge in [0.15, 0.2) is 0 Å². The van der Waals surface area contributed by atoms with Crippen LogP contribution >= 0.6 is 15.9 Å². The molecule has 0 aromatic rings. The lowest BCUT2D eigenvalue weighted by Gasteiger charge is -2.32. The molecule has 0 aromatic heterocycles. The summed E-state index contributed by atoms with van der Waals surface area (Å²) in [5.74, 6) is 0.802. The van der Waals surface area contributed by atoms with Crippen molar-refractivity contribution in [2.24, 2.45) is 5.92 Å². The first-order valence-electron chi connectivity index (χ1n) is 5.10. The van der Waals surface area contributed by atoms with Crippen LogP contribution in [-0.4, -0.2) is 42.9 Å². The van der Waals surface area contributed by atoms with Crippen molar-refractivity contribution < 1.29 is 9.53 Å². The highest BCUT2D eigenvalue weighted by atomic mass is 79.9. The highest BCUT2D eigenvalue weighted by Gasteiger charge is 2.22. The van der Waals surface area contributed by atoms with Crippen LogP contribution in [0.25, 0.3) is 0 Å². The lowest BCUT2D eigenvalue weighted by atomic mass is 9.99. The summed E-state index contributed by atoms with van der Waals surface area (Å²) in [6.07, 6.45) is 2.91. The second-order valence-electron chi connectivity index (χ2n) is 3.74. The number of halogens is 1. The molecule has 1 fully saturated rings. The molecule has 3 nitrogen and oxygen atoms in total. The molecule has 0 N–H and O–H groups in total. The van der Waals surface area contributed by atoms with Crippen LogP contribution in [0.5, 0.6) is 0 Å². The van der Waals surface area contributed by atoms with Gasteiger partial charge in [0.25, 0.3) is 0 Å². The Kier molecular flexibility index (Phi) is 5.48. The Morgan fingerprint density at radius 2 is 2.43 bits per heavy atom. The lowest BCUT2D eigenvalue weighted by molar-refractivity contribution is -0.132. The SMILES string of the molecule is COCC1CCCN(C(=O)CCBr)C1. The summed E-state index contributed by atoms with van der Waals surface area (Å²) in [5, 5.41) is 0.761. The third-order valence-electron chi connectivity index (χ3n) is 2.58. The first-order chi connectivity index (χ1) is 6.77. The Morgan fingerprint density at radius 3 is 3.07 bits per heavy atom.